The molecule has 0 radical (unpaired) electrons. The summed E-state index contributed by atoms with van der Waals surface area (Å²) in [5, 5.41) is 16.5. The molecule has 5 aromatic rings. The lowest BCUT2D eigenvalue weighted by atomic mass is 9.93. The third kappa shape index (κ3) is 3.57. The van der Waals surface area contributed by atoms with Crippen LogP contribution in [0.15, 0.2) is 55.1 Å². The van der Waals surface area contributed by atoms with Crippen LogP contribution in [0.5, 0.6) is 0 Å². The number of aromatic nitrogens is 5. The number of aryl methyl sites for hydroxylation is 1. The monoisotopic (exact) mass is 491 g/mol. The maximum absolute atomic E-state index is 9.81. The second-order valence-electron chi connectivity index (χ2n) is 8.98. The van der Waals surface area contributed by atoms with Crippen LogP contribution in [0.25, 0.3) is 38.9 Å². The van der Waals surface area contributed by atoms with Crippen LogP contribution in [-0.4, -0.2) is 35.4 Å². The summed E-state index contributed by atoms with van der Waals surface area (Å²) in [6, 6.07) is 9.93. The van der Waals surface area contributed by atoms with Gasteiger partial charge in [0.25, 0.3) is 0 Å². The molecule has 0 spiro atoms. The maximum atomic E-state index is 9.81. The van der Waals surface area contributed by atoms with Gasteiger partial charge in [-0.2, -0.15) is 5.10 Å². The van der Waals surface area contributed by atoms with Gasteiger partial charge in [0.2, 0.25) is 0 Å². The standard InChI is InChI=1S/C26H23Cl2N5O/c1-15-25(24-21(27)3-2-4-22(24)28)31-26-20-11-16(12-29-23(20)9-10-32(15)26)17-13-30-33(14-17)18-5-7-19(34)8-6-18/h2-4,9-14,18-19,34H,5-8H2,1H3. The van der Waals surface area contributed by atoms with E-state index < -0.39 is 0 Å². The van der Waals surface area contributed by atoms with Crippen molar-refractivity contribution in [2.75, 3.05) is 0 Å². The van der Waals surface area contributed by atoms with Crippen molar-refractivity contribution in [2.45, 2.75) is 44.8 Å². The highest BCUT2D eigenvalue weighted by atomic mass is 35.5. The molecule has 1 aliphatic carbocycles. The van der Waals surface area contributed by atoms with Crippen molar-refractivity contribution in [1.29, 1.82) is 0 Å². The zero-order valence-corrected chi connectivity index (χ0v) is 20.1. The molecule has 0 amide bonds. The van der Waals surface area contributed by atoms with E-state index in [9.17, 15) is 5.11 Å². The minimum atomic E-state index is -0.179. The molecule has 4 aromatic heterocycles. The first-order valence-corrected chi connectivity index (χ1v) is 12.2. The van der Waals surface area contributed by atoms with Crippen molar-refractivity contribution >= 4 is 39.8 Å². The molecular weight excluding hydrogens is 469 g/mol. The lowest BCUT2D eigenvalue weighted by Crippen LogP contribution is -2.21. The lowest BCUT2D eigenvalue weighted by Gasteiger charge is -2.25. The number of aliphatic hydroxyl groups is 1. The zero-order chi connectivity index (χ0) is 23.4. The number of pyridine rings is 2. The van der Waals surface area contributed by atoms with Crippen molar-refractivity contribution in [3.63, 3.8) is 0 Å². The number of imidazole rings is 1. The van der Waals surface area contributed by atoms with E-state index in [1.807, 2.05) is 54.5 Å². The Labute approximate surface area is 206 Å². The summed E-state index contributed by atoms with van der Waals surface area (Å²) < 4.78 is 4.09. The first-order chi connectivity index (χ1) is 16.5. The van der Waals surface area contributed by atoms with Crippen LogP contribution in [0, 0.1) is 6.92 Å². The molecule has 0 unspecified atom stereocenters. The van der Waals surface area contributed by atoms with Crippen molar-refractivity contribution < 1.29 is 5.11 Å². The van der Waals surface area contributed by atoms with E-state index in [0.29, 0.717) is 16.1 Å². The van der Waals surface area contributed by atoms with Crippen LogP contribution in [0.3, 0.4) is 0 Å². The Bertz CT molecular complexity index is 1510. The van der Waals surface area contributed by atoms with Crippen molar-refractivity contribution in [2.24, 2.45) is 0 Å². The average molecular weight is 492 g/mol. The van der Waals surface area contributed by atoms with Crippen molar-refractivity contribution in [3.05, 3.63) is 70.9 Å². The number of hydrogen-bond donors (Lipinski definition) is 1. The second-order valence-corrected chi connectivity index (χ2v) is 9.79. The summed E-state index contributed by atoms with van der Waals surface area (Å²) >= 11 is 13.0. The number of aliphatic hydroxyl groups excluding tert-OH is 1. The average Bonchev–Trinajstić information content (AvgIpc) is 3.45. The smallest absolute Gasteiger partial charge is 0.147 e. The molecule has 1 aromatic carbocycles. The van der Waals surface area contributed by atoms with Gasteiger partial charge >= 0.3 is 0 Å². The normalized spacial score (nSPS) is 18.7. The molecule has 1 aliphatic rings. The van der Waals surface area contributed by atoms with E-state index >= 15 is 0 Å². The number of nitrogens with zero attached hydrogens (tertiary/aromatic N) is 5. The quantitative estimate of drug-likeness (QED) is 0.312. The van der Waals surface area contributed by atoms with Gasteiger partial charge in [-0.15, -0.1) is 0 Å². The summed E-state index contributed by atoms with van der Waals surface area (Å²) in [5.74, 6) is 0. The molecule has 4 heterocycles. The predicted octanol–water partition coefficient (Wildman–Crippen LogP) is 6.50. The van der Waals surface area contributed by atoms with Crippen LogP contribution >= 0.6 is 23.2 Å². The largest absolute Gasteiger partial charge is 0.393 e. The predicted molar refractivity (Wildman–Crippen MR) is 135 cm³/mol. The molecule has 6 nitrogen and oxygen atoms in total. The molecule has 0 aliphatic heterocycles. The summed E-state index contributed by atoms with van der Waals surface area (Å²) in [7, 11) is 0. The van der Waals surface area contributed by atoms with Gasteiger partial charge in [0.15, 0.2) is 0 Å². The molecule has 1 N–H and O–H groups in total. The van der Waals surface area contributed by atoms with E-state index in [2.05, 4.69) is 21.8 Å². The summed E-state index contributed by atoms with van der Waals surface area (Å²) in [6.45, 7) is 2.02. The van der Waals surface area contributed by atoms with Crippen LogP contribution < -0.4 is 0 Å². The maximum Gasteiger partial charge on any atom is 0.147 e. The Morgan fingerprint density at radius 1 is 1.00 bits per heavy atom. The third-order valence-electron chi connectivity index (χ3n) is 6.87. The fourth-order valence-corrected chi connectivity index (χ4v) is 5.52. The molecule has 6 rings (SSSR count). The van der Waals surface area contributed by atoms with Gasteiger partial charge < -0.3 is 9.51 Å². The first kappa shape index (κ1) is 21.6. The number of hydrogen-bond acceptors (Lipinski definition) is 4. The minimum absolute atomic E-state index is 0.179. The molecule has 8 heteroatoms. The van der Waals surface area contributed by atoms with Crippen molar-refractivity contribution in [3.8, 4) is 22.4 Å². The topological polar surface area (TPSA) is 68.2 Å². The Morgan fingerprint density at radius 3 is 2.53 bits per heavy atom. The zero-order valence-electron chi connectivity index (χ0n) is 18.6. The van der Waals surface area contributed by atoms with Gasteiger partial charge in [-0.3, -0.25) is 9.67 Å². The lowest BCUT2D eigenvalue weighted by molar-refractivity contribution is 0.108. The third-order valence-corrected chi connectivity index (χ3v) is 7.50. The highest BCUT2D eigenvalue weighted by Crippen LogP contribution is 2.37. The van der Waals surface area contributed by atoms with Crippen LogP contribution in [-0.2, 0) is 0 Å². The van der Waals surface area contributed by atoms with Gasteiger partial charge in [0, 0.05) is 46.4 Å². The summed E-state index contributed by atoms with van der Waals surface area (Å²) in [5.41, 5.74) is 6.14. The number of halogens is 2. The van der Waals surface area contributed by atoms with Crippen molar-refractivity contribution in [1.82, 2.24) is 24.1 Å². The van der Waals surface area contributed by atoms with E-state index in [0.717, 1.165) is 70.3 Å². The minimum Gasteiger partial charge on any atom is -0.393 e. The Hall–Kier alpha value is -2.93. The van der Waals surface area contributed by atoms with Gasteiger partial charge in [-0.25, -0.2) is 4.98 Å². The van der Waals surface area contributed by atoms with Gasteiger partial charge in [-0.05, 0) is 56.9 Å². The fraction of sp³-hybridized carbons (Fsp3) is 0.269. The van der Waals surface area contributed by atoms with E-state index in [4.69, 9.17) is 33.2 Å². The van der Waals surface area contributed by atoms with Crippen LogP contribution in [0.1, 0.15) is 37.4 Å². The van der Waals surface area contributed by atoms with Crippen LogP contribution in [0.4, 0.5) is 0 Å². The van der Waals surface area contributed by atoms with E-state index in [1.54, 1.807) is 0 Å². The Balaban J connectivity index is 1.45. The highest BCUT2D eigenvalue weighted by Gasteiger charge is 2.22. The first-order valence-electron chi connectivity index (χ1n) is 11.4. The van der Waals surface area contributed by atoms with E-state index in [-0.39, 0.29) is 6.10 Å². The molecule has 0 atom stereocenters. The number of fused-ring (bicyclic) bond motifs is 3. The molecule has 1 saturated carbocycles. The van der Waals surface area contributed by atoms with Gasteiger partial charge in [0.1, 0.15) is 5.65 Å². The van der Waals surface area contributed by atoms with Gasteiger partial charge in [0.05, 0.1) is 39.6 Å². The number of benzene rings is 1. The van der Waals surface area contributed by atoms with E-state index in [1.165, 1.54) is 0 Å². The van der Waals surface area contributed by atoms with Crippen LogP contribution in [0.2, 0.25) is 10.0 Å². The molecule has 172 valence electrons. The molecule has 1 fully saturated rings. The second kappa shape index (κ2) is 8.38. The molecule has 34 heavy (non-hydrogen) atoms. The Morgan fingerprint density at radius 2 is 1.76 bits per heavy atom. The van der Waals surface area contributed by atoms with Gasteiger partial charge in [-0.1, -0.05) is 29.3 Å². The Kier molecular flexibility index (Phi) is 5.32. The fourth-order valence-electron chi connectivity index (χ4n) is 4.95. The SMILES string of the molecule is Cc1c(-c2c(Cl)cccc2Cl)nc2c3cc(-c4cnn(C5CCC(O)CC5)c4)cnc3ccn12. The summed E-state index contributed by atoms with van der Waals surface area (Å²) in [6.07, 6.45) is 11.2. The molecule has 0 bridgehead atoms. The summed E-state index contributed by atoms with van der Waals surface area (Å²) in [4.78, 5) is 9.67. The molecule has 0 saturated heterocycles. The number of rotatable bonds is 3. The molecular formula is C26H23Cl2N5O. The highest BCUT2D eigenvalue weighted by molar-refractivity contribution is 6.39.